The molecule has 0 aliphatic rings. The third-order valence-electron chi connectivity index (χ3n) is 3.01. The number of Topliss-reactive ketones (excluding diaryl/α,β-unsaturated/α-hetero) is 1. The van der Waals surface area contributed by atoms with E-state index in [-0.39, 0.29) is 23.7 Å². The molecule has 0 spiro atoms. The van der Waals surface area contributed by atoms with Crippen molar-refractivity contribution in [2.45, 2.75) is 6.42 Å². The van der Waals surface area contributed by atoms with Gasteiger partial charge >= 0.3 is 5.69 Å². The number of nitrogens with one attached hydrogen (secondary N) is 1. The van der Waals surface area contributed by atoms with Crippen LogP contribution in [0.25, 0.3) is 11.3 Å². The lowest BCUT2D eigenvalue weighted by atomic mass is 10.1. The fraction of sp³-hybridized carbons (Fsp3) is 0.0714. The lowest BCUT2D eigenvalue weighted by molar-refractivity contribution is 0.0988. The normalized spacial score (nSPS) is 10.5. The maximum Gasteiger partial charge on any atom is 0.345 e. The molecule has 3 aromatic rings. The molecule has 0 saturated carbocycles. The highest BCUT2D eigenvalue weighted by Crippen LogP contribution is 2.22. The summed E-state index contributed by atoms with van der Waals surface area (Å²) in [5.74, 6) is 0.183. The number of hydrogen-bond acceptors (Lipinski definition) is 7. The van der Waals surface area contributed by atoms with Gasteiger partial charge in [-0.15, -0.1) is 0 Å². The molecule has 0 aliphatic heterocycles. The third kappa shape index (κ3) is 2.62. The molecule has 8 heteroatoms. The molecule has 0 aliphatic carbocycles. The summed E-state index contributed by atoms with van der Waals surface area (Å²) >= 11 is 0. The summed E-state index contributed by atoms with van der Waals surface area (Å²) in [7, 11) is 0. The van der Waals surface area contributed by atoms with Gasteiger partial charge < -0.3 is 15.1 Å². The summed E-state index contributed by atoms with van der Waals surface area (Å²) in [6, 6.07) is 3.41. The van der Waals surface area contributed by atoms with E-state index in [2.05, 4.69) is 19.9 Å². The van der Waals surface area contributed by atoms with Crippen LogP contribution in [0.1, 0.15) is 16.2 Å². The molecule has 0 fully saturated rings. The van der Waals surface area contributed by atoms with Crippen LogP contribution in [0, 0.1) is 0 Å². The van der Waals surface area contributed by atoms with Crippen molar-refractivity contribution in [3.8, 4) is 11.3 Å². The zero-order valence-electron chi connectivity index (χ0n) is 11.3. The van der Waals surface area contributed by atoms with Crippen LogP contribution in [0.4, 0.5) is 5.82 Å². The van der Waals surface area contributed by atoms with Crippen molar-refractivity contribution in [3.05, 3.63) is 58.9 Å². The molecule has 0 amide bonds. The Morgan fingerprint density at radius 3 is 2.82 bits per heavy atom. The average Bonchev–Trinajstić information content (AvgIpc) is 3.02. The van der Waals surface area contributed by atoms with Crippen molar-refractivity contribution >= 4 is 11.6 Å². The molecule has 0 unspecified atom stereocenters. The van der Waals surface area contributed by atoms with Crippen molar-refractivity contribution in [2.24, 2.45) is 0 Å². The van der Waals surface area contributed by atoms with Gasteiger partial charge in [-0.1, -0.05) is 0 Å². The summed E-state index contributed by atoms with van der Waals surface area (Å²) in [4.78, 5) is 37.7. The average molecular weight is 297 g/mol. The van der Waals surface area contributed by atoms with Crippen molar-refractivity contribution in [3.63, 3.8) is 0 Å². The van der Waals surface area contributed by atoms with Gasteiger partial charge in [0.2, 0.25) is 0 Å². The molecule has 3 rings (SSSR count). The number of nitrogens with zero attached hydrogens (tertiary/aromatic N) is 3. The van der Waals surface area contributed by atoms with E-state index in [0.717, 1.165) is 0 Å². The van der Waals surface area contributed by atoms with Crippen LogP contribution in [0.3, 0.4) is 0 Å². The topological polar surface area (TPSA) is 128 Å². The van der Waals surface area contributed by atoms with Gasteiger partial charge in [-0.2, -0.15) is 0 Å². The molecule has 110 valence electrons. The van der Waals surface area contributed by atoms with E-state index in [1.807, 2.05) is 0 Å². The van der Waals surface area contributed by atoms with Gasteiger partial charge in [-0.3, -0.25) is 4.79 Å². The number of ketones is 1. The van der Waals surface area contributed by atoms with Gasteiger partial charge in [0, 0.05) is 24.3 Å². The molecule has 0 aromatic carbocycles. The second-order valence-electron chi connectivity index (χ2n) is 4.45. The van der Waals surface area contributed by atoms with E-state index in [9.17, 15) is 9.59 Å². The maximum absolute atomic E-state index is 12.3. The number of aromatic nitrogens is 4. The van der Waals surface area contributed by atoms with Gasteiger partial charge in [0.1, 0.15) is 11.5 Å². The van der Waals surface area contributed by atoms with E-state index in [1.54, 1.807) is 12.1 Å². The molecule has 3 heterocycles. The number of aromatic amines is 1. The van der Waals surface area contributed by atoms with E-state index >= 15 is 0 Å². The summed E-state index contributed by atoms with van der Waals surface area (Å²) in [6.45, 7) is 0. The first-order chi connectivity index (χ1) is 10.6. The Morgan fingerprint density at radius 1 is 1.27 bits per heavy atom. The van der Waals surface area contributed by atoms with Crippen molar-refractivity contribution in [2.75, 3.05) is 5.73 Å². The first-order valence-corrected chi connectivity index (χ1v) is 6.37. The molecule has 3 N–H and O–H groups in total. The summed E-state index contributed by atoms with van der Waals surface area (Å²) in [6.07, 6.45) is 5.53. The zero-order chi connectivity index (χ0) is 15.5. The minimum atomic E-state index is -0.551. The highest BCUT2D eigenvalue weighted by molar-refractivity contribution is 5.99. The third-order valence-corrected chi connectivity index (χ3v) is 3.01. The molecule has 0 bridgehead atoms. The van der Waals surface area contributed by atoms with E-state index in [0.29, 0.717) is 17.0 Å². The second kappa shape index (κ2) is 5.60. The molecule has 3 aromatic heterocycles. The molecular formula is C14H11N5O3. The predicted molar refractivity (Wildman–Crippen MR) is 77.0 cm³/mol. The number of carbonyl (C=O) groups is 1. The van der Waals surface area contributed by atoms with Crippen molar-refractivity contribution in [1.29, 1.82) is 0 Å². The minimum absolute atomic E-state index is 0.0449. The number of nitrogens with two attached hydrogens (primary N) is 1. The fourth-order valence-corrected chi connectivity index (χ4v) is 2.02. The summed E-state index contributed by atoms with van der Waals surface area (Å²) in [5, 5.41) is 0. The van der Waals surface area contributed by atoms with Crippen LogP contribution in [0.2, 0.25) is 0 Å². The number of H-pyrrole nitrogens is 1. The second-order valence-corrected chi connectivity index (χ2v) is 4.45. The summed E-state index contributed by atoms with van der Waals surface area (Å²) < 4.78 is 5.29. The lowest BCUT2D eigenvalue weighted by Gasteiger charge is -2.06. The SMILES string of the molecule is Nc1nccnc1C(=O)Cc1[nH]c(=O)ncc1-c1ccco1. The quantitative estimate of drug-likeness (QED) is 0.682. The standard InChI is InChI=1S/C14H11N5O3/c15-13-12(16-3-4-17-13)10(20)6-9-8(7-18-14(21)19-9)11-2-1-5-22-11/h1-5,7H,6H2,(H2,15,17)(H,18,19,21). The minimum Gasteiger partial charge on any atom is -0.464 e. The number of nitrogen functional groups attached to an aromatic ring is 1. The largest absolute Gasteiger partial charge is 0.464 e. The van der Waals surface area contributed by atoms with Crippen LogP contribution in [0.5, 0.6) is 0 Å². The Labute approximate surface area is 124 Å². The number of carbonyl (C=O) groups excluding carboxylic acids is 1. The Bertz CT molecular complexity index is 870. The van der Waals surface area contributed by atoms with E-state index < -0.39 is 5.69 Å². The number of hydrogen-bond donors (Lipinski definition) is 2. The number of rotatable bonds is 4. The molecular weight excluding hydrogens is 286 g/mol. The van der Waals surface area contributed by atoms with Gasteiger partial charge in [0.15, 0.2) is 11.6 Å². The zero-order valence-corrected chi connectivity index (χ0v) is 11.3. The molecule has 22 heavy (non-hydrogen) atoms. The smallest absolute Gasteiger partial charge is 0.345 e. The predicted octanol–water partition coefficient (Wildman–Crippen LogP) is 0.827. The highest BCUT2D eigenvalue weighted by Gasteiger charge is 2.17. The van der Waals surface area contributed by atoms with Crippen molar-refractivity contribution in [1.82, 2.24) is 19.9 Å². The fourth-order valence-electron chi connectivity index (χ4n) is 2.02. The molecule has 0 atom stereocenters. The first-order valence-electron chi connectivity index (χ1n) is 6.37. The summed E-state index contributed by atoms with van der Waals surface area (Å²) in [5.41, 5.74) is 6.06. The lowest BCUT2D eigenvalue weighted by Crippen LogP contribution is -2.17. The molecule has 8 nitrogen and oxygen atoms in total. The van der Waals surface area contributed by atoms with Crippen LogP contribution < -0.4 is 11.4 Å². The number of furan rings is 1. The Hall–Kier alpha value is -3.29. The van der Waals surface area contributed by atoms with Crippen molar-refractivity contribution < 1.29 is 9.21 Å². The maximum atomic E-state index is 12.3. The Kier molecular flexibility index (Phi) is 3.48. The van der Waals surface area contributed by atoms with Gasteiger partial charge in [0.25, 0.3) is 0 Å². The first kappa shape index (κ1) is 13.7. The highest BCUT2D eigenvalue weighted by atomic mass is 16.3. The number of anilines is 1. The van der Waals surface area contributed by atoms with Gasteiger partial charge in [0.05, 0.1) is 18.2 Å². The monoisotopic (exact) mass is 297 g/mol. The van der Waals surface area contributed by atoms with Crippen LogP contribution in [0.15, 0.2) is 46.2 Å². The molecule has 0 radical (unpaired) electrons. The van der Waals surface area contributed by atoms with Crippen LogP contribution >= 0.6 is 0 Å². The Balaban J connectivity index is 1.99. The Morgan fingerprint density at radius 2 is 2.09 bits per heavy atom. The van der Waals surface area contributed by atoms with Gasteiger partial charge in [-0.05, 0) is 12.1 Å². The van der Waals surface area contributed by atoms with Crippen LogP contribution in [-0.2, 0) is 6.42 Å². The van der Waals surface area contributed by atoms with E-state index in [1.165, 1.54) is 24.9 Å². The van der Waals surface area contributed by atoms with Crippen LogP contribution in [-0.4, -0.2) is 25.7 Å². The van der Waals surface area contributed by atoms with Gasteiger partial charge in [-0.25, -0.2) is 19.7 Å². The van der Waals surface area contributed by atoms with E-state index in [4.69, 9.17) is 10.2 Å². The molecule has 0 saturated heterocycles.